The highest BCUT2D eigenvalue weighted by atomic mass is 16.5. The summed E-state index contributed by atoms with van der Waals surface area (Å²) in [6, 6.07) is 5.74. The van der Waals surface area contributed by atoms with Gasteiger partial charge < -0.3 is 10.5 Å². The Bertz CT molecular complexity index is 460. The molecule has 1 aromatic rings. The minimum absolute atomic E-state index is 0.0928. The van der Waals surface area contributed by atoms with Crippen molar-refractivity contribution < 1.29 is 4.74 Å². The molecule has 104 valence electrons. The molecule has 1 aromatic carbocycles. The first-order valence-corrected chi connectivity index (χ1v) is 7.07. The highest BCUT2D eigenvalue weighted by molar-refractivity contribution is 5.95. The minimum Gasteiger partial charge on any atom is -0.490 e. The molecule has 0 heterocycles. The Balaban J connectivity index is 2.13. The lowest BCUT2D eigenvalue weighted by atomic mass is 9.82. The molecule has 0 saturated heterocycles. The van der Waals surface area contributed by atoms with Crippen molar-refractivity contribution in [1.82, 2.24) is 0 Å². The topological polar surface area (TPSA) is 59.1 Å². The van der Waals surface area contributed by atoms with E-state index in [0.29, 0.717) is 6.10 Å². The zero-order chi connectivity index (χ0) is 14.0. The third kappa shape index (κ3) is 3.49. The predicted octanol–water partition coefficient (Wildman–Crippen LogP) is 3.48. The molecule has 2 unspecified atom stereocenters. The van der Waals surface area contributed by atoms with E-state index >= 15 is 0 Å². The van der Waals surface area contributed by atoms with Gasteiger partial charge in [-0.05, 0) is 49.7 Å². The van der Waals surface area contributed by atoms with Gasteiger partial charge in [-0.15, -0.1) is 0 Å². The number of hydrogen-bond donors (Lipinski definition) is 2. The highest BCUT2D eigenvalue weighted by Crippen LogP contribution is 2.32. The van der Waals surface area contributed by atoms with Gasteiger partial charge in [0.15, 0.2) is 0 Å². The van der Waals surface area contributed by atoms with E-state index < -0.39 is 0 Å². The lowest BCUT2D eigenvalue weighted by Crippen LogP contribution is -2.28. The van der Waals surface area contributed by atoms with Crippen LogP contribution in [-0.4, -0.2) is 11.9 Å². The first-order valence-electron chi connectivity index (χ1n) is 7.07. The average molecular weight is 260 g/mol. The van der Waals surface area contributed by atoms with E-state index in [2.05, 4.69) is 13.8 Å². The molecule has 0 bridgehead atoms. The van der Waals surface area contributed by atoms with E-state index in [1.807, 2.05) is 25.1 Å². The number of nitrogen functional groups attached to an aromatic ring is 1. The molecule has 0 amide bonds. The highest BCUT2D eigenvalue weighted by Gasteiger charge is 2.25. The van der Waals surface area contributed by atoms with Crippen LogP contribution in [0.3, 0.4) is 0 Å². The molecule has 1 fully saturated rings. The fourth-order valence-corrected chi connectivity index (χ4v) is 3.04. The lowest BCUT2D eigenvalue weighted by molar-refractivity contribution is 0.100. The van der Waals surface area contributed by atoms with E-state index in [4.69, 9.17) is 15.9 Å². The Kier molecular flexibility index (Phi) is 4.13. The smallest absolute Gasteiger partial charge is 0.123 e. The summed E-state index contributed by atoms with van der Waals surface area (Å²) in [7, 11) is 0. The Labute approximate surface area is 115 Å². The molecule has 3 heteroatoms. The molecule has 2 rings (SSSR count). The maximum atomic E-state index is 7.51. The van der Waals surface area contributed by atoms with Gasteiger partial charge in [-0.1, -0.05) is 26.0 Å². The largest absolute Gasteiger partial charge is 0.490 e. The van der Waals surface area contributed by atoms with Gasteiger partial charge in [0.25, 0.3) is 0 Å². The normalized spacial score (nSPS) is 27.0. The van der Waals surface area contributed by atoms with Crippen molar-refractivity contribution in [2.24, 2.45) is 17.6 Å². The van der Waals surface area contributed by atoms with Crippen LogP contribution in [0, 0.1) is 24.2 Å². The number of rotatable bonds is 3. The van der Waals surface area contributed by atoms with E-state index in [0.717, 1.165) is 41.6 Å². The van der Waals surface area contributed by atoms with Crippen LogP contribution in [0.25, 0.3) is 0 Å². The Morgan fingerprint density at radius 2 is 1.84 bits per heavy atom. The number of nitrogens with two attached hydrogens (primary N) is 1. The third-order valence-corrected chi connectivity index (χ3v) is 3.93. The number of ether oxygens (including phenoxy) is 1. The van der Waals surface area contributed by atoms with Crippen molar-refractivity contribution >= 4 is 5.84 Å². The monoisotopic (exact) mass is 260 g/mol. The maximum absolute atomic E-state index is 7.51. The zero-order valence-corrected chi connectivity index (χ0v) is 12.1. The Hall–Kier alpha value is -1.51. The number of nitrogens with one attached hydrogen (secondary N) is 1. The van der Waals surface area contributed by atoms with Gasteiger partial charge in [0.2, 0.25) is 0 Å². The van der Waals surface area contributed by atoms with Crippen LogP contribution in [0.1, 0.15) is 44.2 Å². The van der Waals surface area contributed by atoms with Crippen molar-refractivity contribution in [3.8, 4) is 5.75 Å². The Morgan fingerprint density at radius 3 is 2.42 bits per heavy atom. The number of amidine groups is 1. The summed E-state index contributed by atoms with van der Waals surface area (Å²) in [6.07, 6.45) is 3.83. The second-order valence-electron chi connectivity index (χ2n) is 6.05. The van der Waals surface area contributed by atoms with Gasteiger partial charge in [0, 0.05) is 5.56 Å². The standard InChI is InChI=1S/C16H24N2O/c1-10-6-11(2)8-14(7-10)19-15-9-13(16(17)18)5-4-12(15)3/h4-5,9-11,14H,6-8H2,1-3H3,(H3,17,18). The van der Waals surface area contributed by atoms with Crippen molar-refractivity contribution in [2.75, 3.05) is 0 Å². The van der Waals surface area contributed by atoms with Gasteiger partial charge in [-0.2, -0.15) is 0 Å². The molecule has 1 aliphatic rings. The van der Waals surface area contributed by atoms with Crippen LogP contribution in [0.15, 0.2) is 18.2 Å². The second-order valence-corrected chi connectivity index (χ2v) is 6.05. The summed E-state index contributed by atoms with van der Waals surface area (Å²) in [5, 5.41) is 7.51. The summed E-state index contributed by atoms with van der Waals surface area (Å²) in [5.41, 5.74) is 7.38. The SMILES string of the molecule is Cc1ccc(C(=N)N)cc1OC1CC(C)CC(C)C1. The van der Waals surface area contributed by atoms with E-state index in [-0.39, 0.29) is 5.84 Å². The second kappa shape index (κ2) is 5.64. The summed E-state index contributed by atoms with van der Waals surface area (Å²) in [5.74, 6) is 2.42. The molecule has 1 aliphatic carbocycles. The summed E-state index contributed by atoms with van der Waals surface area (Å²) in [4.78, 5) is 0. The van der Waals surface area contributed by atoms with Crippen molar-refractivity contribution in [3.05, 3.63) is 29.3 Å². The first kappa shape index (κ1) is 13.9. The van der Waals surface area contributed by atoms with Crippen LogP contribution < -0.4 is 10.5 Å². The number of hydrogen-bond acceptors (Lipinski definition) is 2. The van der Waals surface area contributed by atoms with Crippen LogP contribution >= 0.6 is 0 Å². The van der Waals surface area contributed by atoms with Crippen LogP contribution in [-0.2, 0) is 0 Å². The molecular formula is C16H24N2O. The van der Waals surface area contributed by atoms with Gasteiger partial charge in [-0.3, -0.25) is 5.41 Å². The van der Waals surface area contributed by atoms with Crippen molar-refractivity contribution in [1.29, 1.82) is 5.41 Å². The summed E-state index contributed by atoms with van der Waals surface area (Å²) >= 11 is 0. The maximum Gasteiger partial charge on any atom is 0.123 e. The fraction of sp³-hybridized carbons (Fsp3) is 0.562. The van der Waals surface area contributed by atoms with Crippen LogP contribution in [0.5, 0.6) is 5.75 Å². The molecular weight excluding hydrogens is 236 g/mol. The van der Waals surface area contributed by atoms with Crippen molar-refractivity contribution in [3.63, 3.8) is 0 Å². The summed E-state index contributed by atoms with van der Waals surface area (Å²) in [6.45, 7) is 6.63. The Morgan fingerprint density at radius 1 is 1.21 bits per heavy atom. The molecule has 0 aromatic heterocycles. The van der Waals surface area contributed by atoms with E-state index in [1.165, 1.54) is 6.42 Å². The number of aryl methyl sites for hydroxylation is 1. The molecule has 1 saturated carbocycles. The first-order chi connectivity index (χ1) is 8.95. The third-order valence-electron chi connectivity index (χ3n) is 3.93. The molecule has 0 aliphatic heterocycles. The molecule has 0 radical (unpaired) electrons. The van der Waals surface area contributed by atoms with E-state index in [1.54, 1.807) is 0 Å². The van der Waals surface area contributed by atoms with Gasteiger partial charge in [-0.25, -0.2) is 0 Å². The molecule has 3 nitrogen and oxygen atoms in total. The summed E-state index contributed by atoms with van der Waals surface area (Å²) < 4.78 is 6.17. The average Bonchev–Trinajstić information content (AvgIpc) is 2.30. The predicted molar refractivity (Wildman–Crippen MR) is 78.8 cm³/mol. The molecule has 3 N–H and O–H groups in total. The quantitative estimate of drug-likeness (QED) is 0.645. The molecule has 0 spiro atoms. The van der Waals surface area contributed by atoms with Crippen LogP contribution in [0.4, 0.5) is 0 Å². The minimum atomic E-state index is 0.0928. The van der Waals surface area contributed by atoms with Crippen molar-refractivity contribution in [2.45, 2.75) is 46.1 Å². The van der Waals surface area contributed by atoms with Gasteiger partial charge >= 0.3 is 0 Å². The van der Waals surface area contributed by atoms with Gasteiger partial charge in [0.1, 0.15) is 11.6 Å². The van der Waals surface area contributed by atoms with E-state index in [9.17, 15) is 0 Å². The molecule has 2 atom stereocenters. The lowest BCUT2D eigenvalue weighted by Gasteiger charge is -2.32. The number of benzene rings is 1. The zero-order valence-electron chi connectivity index (χ0n) is 12.1. The molecule has 19 heavy (non-hydrogen) atoms. The van der Waals surface area contributed by atoms with Crippen LogP contribution in [0.2, 0.25) is 0 Å². The van der Waals surface area contributed by atoms with Gasteiger partial charge in [0.05, 0.1) is 6.10 Å². The fourth-order valence-electron chi connectivity index (χ4n) is 3.04.